The van der Waals surface area contributed by atoms with E-state index in [0.29, 0.717) is 25.7 Å². The van der Waals surface area contributed by atoms with Crippen molar-refractivity contribution >= 4 is 39.5 Å². The molecule has 0 aromatic rings. The van der Waals surface area contributed by atoms with Gasteiger partial charge in [0.2, 0.25) is 0 Å². The minimum atomic E-state index is -4.96. The lowest BCUT2D eigenvalue weighted by atomic mass is 10.0. The predicted molar refractivity (Wildman–Crippen MR) is 386 cm³/mol. The average molecular weight is 1400 g/mol. The molecule has 17 nitrogen and oxygen atoms in total. The first-order valence-electron chi connectivity index (χ1n) is 39.3. The summed E-state index contributed by atoms with van der Waals surface area (Å²) in [5, 5.41) is 10.6. The number of hydrogen-bond acceptors (Lipinski definition) is 15. The van der Waals surface area contributed by atoms with E-state index < -0.39 is 97.5 Å². The summed E-state index contributed by atoms with van der Waals surface area (Å²) >= 11 is 0. The fraction of sp³-hybridized carbons (Fsp3) is 0.947. The van der Waals surface area contributed by atoms with Gasteiger partial charge in [0.25, 0.3) is 0 Å². The van der Waals surface area contributed by atoms with Gasteiger partial charge in [-0.3, -0.25) is 37.3 Å². The van der Waals surface area contributed by atoms with Crippen molar-refractivity contribution in [3.05, 3.63) is 0 Å². The number of aliphatic hydroxyl groups excluding tert-OH is 1. The molecule has 0 fully saturated rings. The highest BCUT2D eigenvalue weighted by atomic mass is 31.2. The summed E-state index contributed by atoms with van der Waals surface area (Å²) < 4.78 is 68.5. The van der Waals surface area contributed by atoms with E-state index in [0.717, 1.165) is 108 Å². The summed E-state index contributed by atoms with van der Waals surface area (Å²) in [5.74, 6) is 0.215. The highest BCUT2D eigenvalue weighted by Gasteiger charge is 2.30. The van der Waals surface area contributed by atoms with Crippen LogP contribution in [0.3, 0.4) is 0 Å². The van der Waals surface area contributed by atoms with Crippen LogP contribution < -0.4 is 0 Å². The van der Waals surface area contributed by atoms with E-state index in [1.165, 1.54) is 199 Å². The fourth-order valence-electron chi connectivity index (χ4n) is 11.6. The first-order chi connectivity index (χ1) is 45.7. The van der Waals surface area contributed by atoms with Crippen molar-refractivity contribution in [2.24, 2.45) is 17.8 Å². The molecule has 0 radical (unpaired) electrons. The van der Waals surface area contributed by atoms with Gasteiger partial charge in [-0.2, -0.15) is 0 Å². The molecular weight excluding hydrogens is 1250 g/mol. The lowest BCUT2D eigenvalue weighted by Gasteiger charge is -2.21. The van der Waals surface area contributed by atoms with Gasteiger partial charge >= 0.3 is 39.5 Å². The molecule has 0 bridgehead atoms. The number of aliphatic hydroxyl groups is 1. The lowest BCUT2D eigenvalue weighted by molar-refractivity contribution is -0.161. The highest BCUT2D eigenvalue weighted by Crippen LogP contribution is 2.45. The normalized spacial score (nSPS) is 14.1. The number of esters is 4. The second-order valence-electron chi connectivity index (χ2n) is 28.8. The Morgan fingerprint density at radius 2 is 0.484 bits per heavy atom. The van der Waals surface area contributed by atoms with Crippen LogP contribution in [-0.4, -0.2) is 96.7 Å². The van der Waals surface area contributed by atoms with E-state index in [9.17, 15) is 43.2 Å². The van der Waals surface area contributed by atoms with Gasteiger partial charge in [0.15, 0.2) is 12.2 Å². The van der Waals surface area contributed by atoms with Gasteiger partial charge in [0, 0.05) is 25.7 Å². The van der Waals surface area contributed by atoms with Gasteiger partial charge in [-0.15, -0.1) is 0 Å². The molecular formula is C76H148O17P2. The zero-order valence-electron chi connectivity index (χ0n) is 62.1. The predicted octanol–water partition coefficient (Wildman–Crippen LogP) is 22.2. The Labute approximate surface area is 581 Å². The Morgan fingerprint density at radius 3 is 0.716 bits per heavy atom. The van der Waals surface area contributed by atoms with Crippen LogP contribution in [0.15, 0.2) is 0 Å². The standard InChI is InChI=1S/C76H148O17P2/c1-8-9-10-11-12-13-29-36-43-50-57-73(78)86-63-71(93-76(81)60-53-46-39-32-25-19-22-28-35-42-49-56-69(6)7)65-90-94(82,83)88-61-70(77)62-89-95(84,85)91-66-72(64-87-74(79)58-51-44-37-30-24-18-21-27-34-41-48-55-68(4)5)92-75(80)59-52-45-38-31-23-17-15-14-16-20-26-33-40-47-54-67(2)3/h67-72,77H,8-66H2,1-7H3,(H,82,83)(H,84,85)/t70-,71+,72+/m0/s1. The molecule has 95 heavy (non-hydrogen) atoms. The van der Waals surface area contributed by atoms with Crippen molar-refractivity contribution in [2.75, 3.05) is 39.6 Å². The number of unbranched alkanes of at least 4 members (excludes halogenated alkanes) is 42. The molecule has 0 spiro atoms. The minimum absolute atomic E-state index is 0.106. The monoisotopic (exact) mass is 1400 g/mol. The Bertz CT molecular complexity index is 1850. The minimum Gasteiger partial charge on any atom is -0.462 e. The third-order valence-electron chi connectivity index (χ3n) is 17.6. The van der Waals surface area contributed by atoms with Crippen molar-refractivity contribution < 1.29 is 80.2 Å². The molecule has 5 atom stereocenters. The van der Waals surface area contributed by atoms with Crippen LogP contribution in [0.2, 0.25) is 0 Å². The van der Waals surface area contributed by atoms with Crippen LogP contribution in [-0.2, 0) is 65.4 Å². The van der Waals surface area contributed by atoms with Crippen molar-refractivity contribution in [2.45, 2.75) is 407 Å². The first kappa shape index (κ1) is 93.1. The third-order valence-corrected chi connectivity index (χ3v) is 19.5. The maximum Gasteiger partial charge on any atom is 0.472 e. The average Bonchev–Trinajstić information content (AvgIpc) is 1.74. The van der Waals surface area contributed by atoms with Crippen molar-refractivity contribution in [3.8, 4) is 0 Å². The number of carbonyl (C=O) groups excluding carboxylic acids is 4. The fourth-order valence-corrected chi connectivity index (χ4v) is 13.2. The van der Waals surface area contributed by atoms with E-state index in [4.69, 9.17) is 37.0 Å². The largest absolute Gasteiger partial charge is 0.472 e. The van der Waals surface area contributed by atoms with E-state index >= 15 is 0 Å². The van der Waals surface area contributed by atoms with Crippen molar-refractivity contribution in [1.82, 2.24) is 0 Å². The molecule has 0 aliphatic rings. The van der Waals surface area contributed by atoms with E-state index in [-0.39, 0.29) is 25.7 Å². The van der Waals surface area contributed by atoms with E-state index in [1.807, 2.05) is 0 Å². The molecule has 0 amide bonds. The summed E-state index contributed by atoms with van der Waals surface area (Å²) in [6, 6.07) is 0. The lowest BCUT2D eigenvalue weighted by Crippen LogP contribution is -2.30. The number of hydrogen-bond donors (Lipinski definition) is 3. The Balaban J connectivity index is 5.25. The molecule has 0 aromatic carbocycles. The van der Waals surface area contributed by atoms with Crippen LogP contribution in [0.1, 0.15) is 389 Å². The van der Waals surface area contributed by atoms with Crippen molar-refractivity contribution in [3.63, 3.8) is 0 Å². The smallest absolute Gasteiger partial charge is 0.462 e. The van der Waals surface area contributed by atoms with Gasteiger partial charge in [-0.1, -0.05) is 337 Å². The maximum atomic E-state index is 13.1. The number of carbonyl (C=O) groups is 4. The third kappa shape index (κ3) is 70.3. The Hall–Kier alpha value is -1.94. The van der Waals surface area contributed by atoms with Gasteiger partial charge in [0.1, 0.15) is 19.3 Å². The van der Waals surface area contributed by atoms with Gasteiger partial charge < -0.3 is 33.8 Å². The van der Waals surface area contributed by atoms with Gasteiger partial charge in [0.05, 0.1) is 26.4 Å². The van der Waals surface area contributed by atoms with Crippen LogP contribution in [0.5, 0.6) is 0 Å². The summed E-state index contributed by atoms with van der Waals surface area (Å²) in [6.45, 7) is 11.9. The Kier molecular flexibility index (Phi) is 65.2. The van der Waals surface area contributed by atoms with Crippen LogP contribution in [0.25, 0.3) is 0 Å². The van der Waals surface area contributed by atoms with Gasteiger partial charge in [-0.25, -0.2) is 9.13 Å². The highest BCUT2D eigenvalue weighted by molar-refractivity contribution is 7.47. The Morgan fingerprint density at radius 1 is 0.284 bits per heavy atom. The number of rotatable bonds is 74. The summed E-state index contributed by atoms with van der Waals surface area (Å²) in [4.78, 5) is 72.8. The number of phosphoric acid groups is 2. The molecule has 0 saturated heterocycles. The van der Waals surface area contributed by atoms with Crippen LogP contribution in [0, 0.1) is 17.8 Å². The summed E-state index contributed by atoms with van der Waals surface area (Å²) in [7, 11) is -9.91. The summed E-state index contributed by atoms with van der Waals surface area (Å²) in [5.41, 5.74) is 0. The van der Waals surface area contributed by atoms with E-state index in [1.54, 1.807) is 0 Å². The first-order valence-corrected chi connectivity index (χ1v) is 42.3. The van der Waals surface area contributed by atoms with Gasteiger partial charge in [-0.05, 0) is 43.4 Å². The van der Waals surface area contributed by atoms with E-state index in [2.05, 4.69) is 48.5 Å². The zero-order chi connectivity index (χ0) is 70.1. The second-order valence-corrected chi connectivity index (χ2v) is 31.7. The van der Waals surface area contributed by atoms with Crippen LogP contribution in [0.4, 0.5) is 0 Å². The van der Waals surface area contributed by atoms with Crippen LogP contribution >= 0.6 is 15.6 Å². The van der Waals surface area contributed by atoms with Crippen molar-refractivity contribution in [1.29, 1.82) is 0 Å². The SMILES string of the molecule is CCCCCCCCCCCCC(=O)OC[C@H](COP(=O)(O)OC[C@H](O)COP(=O)(O)OC[C@@H](COC(=O)CCCCCCCCCCCCCC(C)C)OC(=O)CCCCCCCCCCCCCCCCC(C)C)OC(=O)CCCCCCCCCCCCCC(C)C. The molecule has 0 aliphatic carbocycles. The molecule has 0 aliphatic heterocycles. The quantitative estimate of drug-likeness (QED) is 0.0222. The molecule has 564 valence electrons. The number of ether oxygens (including phenoxy) is 4. The molecule has 0 heterocycles. The second kappa shape index (κ2) is 66.6. The topological polar surface area (TPSA) is 237 Å². The molecule has 0 rings (SSSR count). The zero-order valence-corrected chi connectivity index (χ0v) is 63.9. The number of phosphoric ester groups is 2. The summed E-state index contributed by atoms with van der Waals surface area (Å²) in [6.07, 6.45) is 52.6. The molecule has 3 N–H and O–H groups in total. The maximum absolute atomic E-state index is 13.1. The molecule has 0 aromatic heterocycles. The molecule has 0 saturated carbocycles. The molecule has 19 heteroatoms. The molecule has 2 unspecified atom stereocenters.